The average molecular weight is 260 g/mol. The number of aryl methyl sites for hydroxylation is 2. The molecule has 2 aromatic rings. The summed E-state index contributed by atoms with van der Waals surface area (Å²) in [5.41, 5.74) is 9.38. The molecule has 3 nitrogen and oxygen atoms in total. The highest BCUT2D eigenvalue weighted by Crippen LogP contribution is 2.19. The van der Waals surface area contributed by atoms with Gasteiger partial charge < -0.3 is 10.5 Å². The molecule has 0 amide bonds. The third-order valence-corrected chi connectivity index (χ3v) is 3.80. The van der Waals surface area contributed by atoms with E-state index in [1.165, 1.54) is 0 Å². The van der Waals surface area contributed by atoms with Gasteiger partial charge >= 0.3 is 0 Å². The maximum Gasteiger partial charge on any atom is 0.150 e. The van der Waals surface area contributed by atoms with Crippen molar-refractivity contribution in [1.82, 2.24) is 0 Å². The normalized spacial score (nSPS) is 12.1. The molecule has 0 aromatic heterocycles. The average Bonchev–Trinajstić information content (AvgIpc) is 2.34. The molecule has 3 N–H and O–H groups in total. The van der Waals surface area contributed by atoms with E-state index in [1.807, 2.05) is 32.0 Å². The third kappa shape index (κ3) is 2.90. The van der Waals surface area contributed by atoms with Crippen molar-refractivity contribution in [3.05, 3.63) is 53.6 Å². The lowest BCUT2D eigenvalue weighted by atomic mass is 10.1. The van der Waals surface area contributed by atoms with Crippen molar-refractivity contribution in [3.8, 4) is 0 Å². The van der Waals surface area contributed by atoms with Gasteiger partial charge in [0.15, 0.2) is 0 Å². The zero-order chi connectivity index (χ0) is 13.1. The monoisotopic (exact) mass is 260 g/mol. The summed E-state index contributed by atoms with van der Waals surface area (Å²) < 4.78 is 15.2. The van der Waals surface area contributed by atoms with Crippen molar-refractivity contribution in [2.24, 2.45) is 0 Å². The van der Waals surface area contributed by atoms with E-state index in [2.05, 4.69) is 4.72 Å². The topological polar surface area (TPSA) is 55.1 Å². The summed E-state index contributed by atoms with van der Waals surface area (Å²) in [6, 6.07) is 13.1. The lowest BCUT2D eigenvalue weighted by Crippen LogP contribution is -2.06. The summed E-state index contributed by atoms with van der Waals surface area (Å²) in [7, 11) is -1.27. The molecule has 0 saturated carbocycles. The molecule has 1 unspecified atom stereocenters. The summed E-state index contributed by atoms with van der Waals surface area (Å²) in [5, 5.41) is 0. The molecule has 0 radical (unpaired) electrons. The second-order valence-electron chi connectivity index (χ2n) is 4.26. The summed E-state index contributed by atoms with van der Waals surface area (Å²) in [5.74, 6) is 0. The van der Waals surface area contributed by atoms with Gasteiger partial charge in [-0.25, -0.2) is 4.21 Å². The number of nitrogens with two attached hydrogens (primary N) is 1. The largest absolute Gasteiger partial charge is 0.399 e. The highest BCUT2D eigenvalue weighted by atomic mass is 32.2. The van der Waals surface area contributed by atoms with Gasteiger partial charge in [0.2, 0.25) is 0 Å². The molecule has 0 fully saturated rings. The van der Waals surface area contributed by atoms with Crippen molar-refractivity contribution >= 4 is 22.4 Å². The Labute approximate surface area is 110 Å². The van der Waals surface area contributed by atoms with Crippen molar-refractivity contribution in [2.75, 3.05) is 10.5 Å². The first kappa shape index (κ1) is 12.6. The Hall–Kier alpha value is -1.81. The molecular weight excluding hydrogens is 244 g/mol. The van der Waals surface area contributed by atoms with Gasteiger partial charge in [0, 0.05) is 11.4 Å². The molecule has 0 spiro atoms. The van der Waals surface area contributed by atoms with Gasteiger partial charge in [-0.2, -0.15) is 0 Å². The van der Waals surface area contributed by atoms with Crippen LogP contribution < -0.4 is 10.5 Å². The van der Waals surface area contributed by atoms with Gasteiger partial charge in [-0.15, -0.1) is 0 Å². The Balaban J connectivity index is 2.21. The van der Waals surface area contributed by atoms with Crippen LogP contribution >= 0.6 is 0 Å². The minimum Gasteiger partial charge on any atom is -0.399 e. The Bertz CT molecular complexity index is 579. The lowest BCUT2D eigenvalue weighted by molar-refractivity contribution is 0.686. The molecule has 94 valence electrons. The molecule has 0 bridgehead atoms. The van der Waals surface area contributed by atoms with E-state index in [9.17, 15) is 4.21 Å². The quantitative estimate of drug-likeness (QED) is 0.833. The summed E-state index contributed by atoms with van der Waals surface area (Å²) >= 11 is 0. The van der Waals surface area contributed by atoms with E-state index in [1.54, 1.807) is 24.3 Å². The number of anilines is 2. The van der Waals surface area contributed by atoms with Gasteiger partial charge in [0.25, 0.3) is 0 Å². The maximum absolute atomic E-state index is 12.1. The van der Waals surface area contributed by atoms with Crippen LogP contribution in [0.25, 0.3) is 0 Å². The number of benzene rings is 2. The van der Waals surface area contributed by atoms with Crippen LogP contribution in [0.15, 0.2) is 47.4 Å². The van der Waals surface area contributed by atoms with Crippen LogP contribution in [0.4, 0.5) is 11.4 Å². The van der Waals surface area contributed by atoms with E-state index in [0.29, 0.717) is 10.6 Å². The maximum atomic E-state index is 12.1. The second-order valence-corrected chi connectivity index (χ2v) is 5.47. The van der Waals surface area contributed by atoms with Crippen LogP contribution in [-0.4, -0.2) is 4.21 Å². The molecule has 2 aromatic carbocycles. The Morgan fingerprint density at radius 3 is 2.39 bits per heavy atom. The zero-order valence-electron chi connectivity index (χ0n) is 10.4. The Kier molecular flexibility index (Phi) is 3.67. The highest BCUT2D eigenvalue weighted by Gasteiger charge is 2.05. The van der Waals surface area contributed by atoms with E-state index in [-0.39, 0.29) is 0 Å². The Morgan fingerprint density at radius 1 is 1.06 bits per heavy atom. The van der Waals surface area contributed by atoms with Gasteiger partial charge in [0.05, 0.1) is 4.90 Å². The molecule has 0 aliphatic carbocycles. The fourth-order valence-corrected chi connectivity index (χ4v) is 2.52. The molecule has 4 heteroatoms. The fraction of sp³-hybridized carbons (Fsp3) is 0.143. The number of nitrogen functional groups attached to an aromatic ring is 1. The molecule has 18 heavy (non-hydrogen) atoms. The number of nitrogens with one attached hydrogen (secondary N) is 1. The predicted octanol–water partition coefficient (Wildman–Crippen LogP) is 3.02. The first-order chi connectivity index (χ1) is 8.56. The smallest absolute Gasteiger partial charge is 0.150 e. The lowest BCUT2D eigenvalue weighted by Gasteiger charge is -2.10. The number of hydrogen-bond donors (Lipinski definition) is 2. The third-order valence-electron chi connectivity index (χ3n) is 2.69. The van der Waals surface area contributed by atoms with Gasteiger partial charge in [-0.3, -0.25) is 0 Å². The van der Waals surface area contributed by atoms with Crippen LogP contribution in [0.3, 0.4) is 0 Å². The summed E-state index contributed by atoms with van der Waals surface area (Å²) in [4.78, 5) is 0.713. The first-order valence-corrected chi connectivity index (χ1v) is 6.82. The number of rotatable bonds is 3. The molecule has 2 rings (SSSR count). The minimum atomic E-state index is -1.27. The summed E-state index contributed by atoms with van der Waals surface area (Å²) in [6.45, 7) is 4.00. The fourth-order valence-electron chi connectivity index (χ4n) is 1.60. The SMILES string of the molecule is Cc1ccc(C)c(NS(=O)c2ccc(N)cc2)c1. The number of hydrogen-bond acceptors (Lipinski definition) is 2. The molecular formula is C14H16N2OS. The van der Waals surface area contributed by atoms with E-state index in [4.69, 9.17) is 5.73 Å². The van der Waals surface area contributed by atoms with Crippen molar-refractivity contribution in [3.63, 3.8) is 0 Å². The minimum absolute atomic E-state index is 0.669. The molecule has 0 heterocycles. The van der Waals surface area contributed by atoms with E-state index >= 15 is 0 Å². The van der Waals surface area contributed by atoms with Crippen LogP contribution in [0, 0.1) is 13.8 Å². The van der Waals surface area contributed by atoms with Crippen molar-refractivity contribution in [2.45, 2.75) is 18.7 Å². The predicted molar refractivity (Wildman–Crippen MR) is 76.8 cm³/mol. The second kappa shape index (κ2) is 5.23. The Morgan fingerprint density at radius 2 is 1.72 bits per heavy atom. The van der Waals surface area contributed by atoms with Crippen LogP contribution in [0.2, 0.25) is 0 Å². The summed E-state index contributed by atoms with van der Waals surface area (Å²) in [6.07, 6.45) is 0. The molecule has 0 saturated heterocycles. The molecule has 0 aliphatic heterocycles. The molecule has 1 atom stereocenters. The van der Waals surface area contributed by atoms with E-state index in [0.717, 1.165) is 16.8 Å². The highest BCUT2D eigenvalue weighted by molar-refractivity contribution is 7.86. The van der Waals surface area contributed by atoms with Crippen LogP contribution in [0.1, 0.15) is 11.1 Å². The van der Waals surface area contributed by atoms with Gasteiger partial charge in [-0.1, -0.05) is 12.1 Å². The van der Waals surface area contributed by atoms with E-state index < -0.39 is 11.0 Å². The van der Waals surface area contributed by atoms with Crippen molar-refractivity contribution < 1.29 is 4.21 Å². The van der Waals surface area contributed by atoms with Crippen LogP contribution in [-0.2, 0) is 11.0 Å². The first-order valence-electron chi connectivity index (χ1n) is 5.67. The van der Waals surface area contributed by atoms with Crippen molar-refractivity contribution in [1.29, 1.82) is 0 Å². The standard InChI is InChI=1S/C14H16N2OS/c1-10-3-4-11(2)14(9-10)16-18(17)13-7-5-12(15)6-8-13/h3-9,16H,15H2,1-2H3. The van der Waals surface area contributed by atoms with Gasteiger partial charge in [-0.05, 0) is 55.3 Å². The van der Waals surface area contributed by atoms with Crippen LogP contribution in [0.5, 0.6) is 0 Å². The van der Waals surface area contributed by atoms with Gasteiger partial charge in [0.1, 0.15) is 11.0 Å². The molecule has 0 aliphatic rings. The zero-order valence-corrected chi connectivity index (χ0v) is 11.3.